The van der Waals surface area contributed by atoms with Crippen LogP contribution in [0.15, 0.2) is 34.9 Å². The number of hydrogen-bond donors (Lipinski definition) is 0. The van der Waals surface area contributed by atoms with Gasteiger partial charge in [0.15, 0.2) is 5.78 Å². The molecular formula is C14H17ClO. The average molecular weight is 237 g/mol. The Kier molecular flexibility index (Phi) is 3.07. The lowest BCUT2D eigenvalue weighted by Crippen LogP contribution is -2.31. The van der Waals surface area contributed by atoms with Crippen molar-refractivity contribution in [1.82, 2.24) is 0 Å². The van der Waals surface area contributed by atoms with E-state index in [2.05, 4.69) is 18.7 Å². The number of carbonyl (C=O) groups is 1. The maximum absolute atomic E-state index is 11.7. The summed E-state index contributed by atoms with van der Waals surface area (Å²) in [6.45, 7) is 5.76. The number of hydrogen-bond acceptors (Lipinski definition) is 1. The Balaban J connectivity index is 2.46. The lowest BCUT2D eigenvalue weighted by atomic mass is 9.63. The van der Waals surface area contributed by atoms with Crippen molar-refractivity contribution in [1.29, 1.82) is 0 Å². The van der Waals surface area contributed by atoms with Gasteiger partial charge in [-0.15, -0.1) is 0 Å². The molecule has 2 rings (SSSR count). The van der Waals surface area contributed by atoms with Gasteiger partial charge in [0.2, 0.25) is 0 Å². The highest BCUT2D eigenvalue weighted by atomic mass is 35.5. The van der Waals surface area contributed by atoms with Gasteiger partial charge in [0, 0.05) is 16.9 Å². The quantitative estimate of drug-likeness (QED) is 0.704. The highest BCUT2D eigenvalue weighted by molar-refractivity contribution is 6.29. The van der Waals surface area contributed by atoms with E-state index in [-0.39, 0.29) is 11.2 Å². The normalized spacial score (nSPS) is 29.2. The fraction of sp³-hybridized carbons (Fsp3) is 0.500. The van der Waals surface area contributed by atoms with Gasteiger partial charge in [-0.1, -0.05) is 30.3 Å². The molecule has 16 heavy (non-hydrogen) atoms. The fourth-order valence-electron chi connectivity index (χ4n) is 2.98. The summed E-state index contributed by atoms with van der Waals surface area (Å²) in [5.41, 5.74) is 2.22. The van der Waals surface area contributed by atoms with Crippen LogP contribution in [0.1, 0.15) is 39.0 Å². The second kappa shape index (κ2) is 4.21. The number of ketones is 1. The first-order chi connectivity index (χ1) is 7.55. The summed E-state index contributed by atoms with van der Waals surface area (Å²) < 4.78 is 0. The maximum Gasteiger partial charge on any atom is 0.158 e. The zero-order valence-electron chi connectivity index (χ0n) is 9.68. The molecule has 0 heterocycles. The molecule has 86 valence electrons. The third-order valence-corrected chi connectivity index (χ3v) is 3.96. The standard InChI is InChI=1S/C14H17ClO/c1-10(15)9-14-7-4-3-5-12(14)11(2)13(16)6-8-14/h3,5H,1,4,6-9H2,2H3. The molecule has 0 saturated heterocycles. The van der Waals surface area contributed by atoms with E-state index in [0.29, 0.717) is 11.5 Å². The van der Waals surface area contributed by atoms with Crippen molar-refractivity contribution in [2.75, 3.05) is 0 Å². The smallest absolute Gasteiger partial charge is 0.158 e. The Morgan fingerprint density at radius 3 is 3.00 bits per heavy atom. The molecular weight excluding hydrogens is 220 g/mol. The lowest BCUT2D eigenvalue weighted by molar-refractivity contribution is -0.116. The number of allylic oxidation sites excluding steroid dienone is 5. The number of rotatable bonds is 2. The van der Waals surface area contributed by atoms with Crippen molar-refractivity contribution in [2.45, 2.75) is 39.0 Å². The zero-order chi connectivity index (χ0) is 11.8. The second-order valence-corrected chi connectivity index (χ2v) is 5.41. The minimum absolute atomic E-state index is 0.0889. The van der Waals surface area contributed by atoms with Gasteiger partial charge in [-0.2, -0.15) is 0 Å². The number of carbonyl (C=O) groups excluding carboxylic acids is 1. The molecule has 2 aliphatic rings. The fourth-order valence-corrected chi connectivity index (χ4v) is 3.24. The summed E-state index contributed by atoms with van der Waals surface area (Å²) in [5.74, 6) is 0.289. The Morgan fingerprint density at radius 1 is 1.56 bits per heavy atom. The van der Waals surface area contributed by atoms with E-state index in [1.807, 2.05) is 6.92 Å². The number of halogens is 1. The summed E-state index contributed by atoms with van der Waals surface area (Å²) in [5, 5.41) is 0.704. The van der Waals surface area contributed by atoms with Crippen LogP contribution in [0.3, 0.4) is 0 Å². The molecule has 0 aromatic carbocycles. The molecule has 0 fully saturated rings. The zero-order valence-corrected chi connectivity index (χ0v) is 10.4. The van der Waals surface area contributed by atoms with E-state index in [1.54, 1.807) is 0 Å². The second-order valence-electron chi connectivity index (χ2n) is 4.88. The van der Waals surface area contributed by atoms with Gasteiger partial charge in [-0.05, 0) is 43.8 Å². The van der Waals surface area contributed by atoms with Gasteiger partial charge in [0.05, 0.1) is 0 Å². The van der Waals surface area contributed by atoms with Crippen LogP contribution in [0, 0.1) is 5.41 Å². The molecule has 0 bridgehead atoms. The molecule has 0 aromatic heterocycles. The molecule has 0 spiro atoms. The maximum atomic E-state index is 11.7. The summed E-state index contributed by atoms with van der Waals surface area (Å²) in [4.78, 5) is 11.7. The highest BCUT2D eigenvalue weighted by Gasteiger charge is 2.39. The largest absolute Gasteiger partial charge is 0.295 e. The predicted octanol–water partition coefficient (Wildman–Crippen LogP) is 4.14. The molecule has 0 amide bonds. The molecule has 0 radical (unpaired) electrons. The summed E-state index contributed by atoms with van der Waals surface area (Å²) in [6.07, 6.45) is 8.84. The van der Waals surface area contributed by atoms with Crippen molar-refractivity contribution in [3.05, 3.63) is 34.9 Å². The number of Topliss-reactive ketones (excluding diaryl/α,β-unsaturated/α-hetero) is 1. The van der Waals surface area contributed by atoms with Crippen molar-refractivity contribution >= 4 is 17.4 Å². The van der Waals surface area contributed by atoms with Crippen LogP contribution in [-0.2, 0) is 4.79 Å². The van der Waals surface area contributed by atoms with Crippen molar-refractivity contribution in [3.63, 3.8) is 0 Å². The van der Waals surface area contributed by atoms with E-state index in [4.69, 9.17) is 11.6 Å². The molecule has 2 heteroatoms. The SMILES string of the molecule is C=C(Cl)CC12CCC=CC1=C(C)C(=O)CC2. The Morgan fingerprint density at radius 2 is 2.31 bits per heavy atom. The van der Waals surface area contributed by atoms with E-state index in [0.717, 1.165) is 31.3 Å². The summed E-state index contributed by atoms with van der Waals surface area (Å²) >= 11 is 5.98. The van der Waals surface area contributed by atoms with Gasteiger partial charge in [-0.3, -0.25) is 4.79 Å². The van der Waals surface area contributed by atoms with E-state index >= 15 is 0 Å². The molecule has 1 unspecified atom stereocenters. The molecule has 1 nitrogen and oxygen atoms in total. The topological polar surface area (TPSA) is 17.1 Å². The number of fused-ring (bicyclic) bond motifs is 1. The minimum atomic E-state index is 0.0889. The van der Waals surface area contributed by atoms with Gasteiger partial charge in [0.25, 0.3) is 0 Å². The van der Waals surface area contributed by atoms with Gasteiger partial charge >= 0.3 is 0 Å². The van der Waals surface area contributed by atoms with Crippen LogP contribution >= 0.6 is 11.6 Å². The molecule has 0 aliphatic heterocycles. The Labute approximate surface area is 102 Å². The van der Waals surface area contributed by atoms with Gasteiger partial charge in [0.1, 0.15) is 0 Å². The third kappa shape index (κ3) is 1.89. The van der Waals surface area contributed by atoms with Crippen molar-refractivity contribution in [3.8, 4) is 0 Å². The van der Waals surface area contributed by atoms with Gasteiger partial charge < -0.3 is 0 Å². The van der Waals surface area contributed by atoms with Crippen LogP contribution in [0.25, 0.3) is 0 Å². The predicted molar refractivity (Wildman–Crippen MR) is 67.4 cm³/mol. The van der Waals surface area contributed by atoms with Crippen LogP contribution in [0.4, 0.5) is 0 Å². The minimum Gasteiger partial charge on any atom is -0.295 e. The Hall–Kier alpha value is -0.820. The highest BCUT2D eigenvalue weighted by Crippen LogP contribution is 2.50. The lowest BCUT2D eigenvalue weighted by Gasteiger charge is -2.41. The average Bonchev–Trinajstić information content (AvgIpc) is 2.23. The molecule has 0 saturated carbocycles. The first-order valence-corrected chi connectivity index (χ1v) is 6.17. The van der Waals surface area contributed by atoms with E-state index < -0.39 is 0 Å². The first kappa shape index (κ1) is 11.7. The van der Waals surface area contributed by atoms with Crippen LogP contribution in [0.2, 0.25) is 0 Å². The first-order valence-electron chi connectivity index (χ1n) is 5.79. The van der Waals surface area contributed by atoms with Crippen LogP contribution < -0.4 is 0 Å². The summed E-state index contributed by atoms with van der Waals surface area (Å²) in [6, 6.07) is 0. The molecule has 1 atom stereocenters. The molecule has 0 N–H and O–H groups in total. The van der Waals surface area contributed by atoms with Crippen LogP contribution in [-0.4, -0.2) is 5.78 Å². The van der Waals surface area contributed by atoms with Crippen LogP contribution in [0.5, 0.6) is 0 Å². The monoisotopic (exact) mass is 236 g/mol. The summed E-state index contributed by atoms with van der Waals surface area (Å²) in [7, 11) is 0. The Bertz CT molecular complexity index is 403. The van der Waals surface area contributed by atoms with Crippen molar-refractivity contribution in [2.24, 2.45) is 5.41 Å². The molecule has 0 aromatic rings. The molecule has 2 aliphatic carbocycles. The van der Waals surface area contributed by atoms with Gasteiger partial charge in [-0.25, -0.2) is 0 Å². The van der Waals surface area contributed by atoms with E-state index in [9.17, 15) is 4.79 Å². The van der Waals surface area contributed by atoms with Crippen molar-refractivity contribution < 1.29 is 4.79 Å². The van der Waals surface area contributed by atoms with E-state index in [1.165, 1.54) is 5.57 Å². The third-order valence-electron chi connectivity index (χ3n) is 3.83.